The van der Waals surface area contributed by atoms with Crippen LogP contribution < -0.4 is 0 Å². The minimum absolute atomic E-state index is 0.0731. The van der Waals surface area contributed by atoms with Crippen LogP contribution in [0, 0.1) is 23.2 Å². The summed E-state index contributed by atoms with van der Waals surface area (Å²) < 4.78 is 5.09. The zero-order valence-corrected chi connectivity index (χ0v) is 13.0. The van der Waals surface area contributed by atoms with Crippen molar-refractivity contribution in [2.45, 2.75) is 32.2 Å². The summed E-state index contributed by atoms with van der Waals surface area (Å²) in [6.07, 6.45) is 3.22. The second kappa shape index (κ2) is 4.85. The van der Waals surface area contributed by atoms with Gasteiger partial charge in [-0.15, -0.1) is 0 Å². The zero-order chi connectivity index (χ0) is 15.5. The fourth-order valence-electron chi connectivity index (χ4n) is 5.06. The number of carbonyl (C=O) groups excluding carboxylic acids is 1. The third-order valence-electron chi connectivity index (χ3n) is 6.33. The van der Waals surface area contributed by atoms with Crippen molar-refractivity contribution in [3.8, 4) is 0 Å². The lowest BCUT2D eigenvalue weighted by Crippen LogP contribution is -2.52. The van der Waals surface area contributed by atoms with Gasteiger partial charge in [0, 0.05) is 32.2 Å². The van der Waals surface area contributed by atoms with E-state index in [2.05, 4.69) is 4.90 Å². The molecule has 4 fully saturated rings. The predicted octanol–water partition coefficient (Wildman–Crippen LogP) is 1.26. The van der Waals surface area contributed by atoms with Gasteiger partial charge in [0.2, 0.25) is 0 Å². The zero-order valence-electron chi connectivity index (χ0n) is 13.0. The number of carboxylic acids is 1. The molecule has 2 saturated carbocycles. The summed E-state index contributed by atoms with van der Waals surface area (Å²) >= 11 is 0. The Balaban J connectivity index is 1.26. The lowest BCUT2D eigenvalue weighted by atomic mass is 9.64. The number of fused-ring (bicyclic) bond motifs is 1. The predicted molar refractivity (Wildman–Crippen MR) is 78.3 cm³/mol. The van der Waals surface area contributed by atoms with Crippen LogP contribution in [-0.2, 0) is 9.53 Å². The topological polar surface area (TPSA) is 70.1 Å². The molecule has 0 aromatic rings. The van der Waals surface area contributed by atoms with Crippen LogP contribution in [0.15, 0.2) is 0 Å². The van der Waals surface area contributed by atoms with Crippen molar-refractivity contribution in [1.82, 2.24) is 9.80 Å². The third-order valence-corrected chi connectivity index (χ3v) is 6.33. The van der Waals surface area contributed by atoms with Gasteiger partial charge < -0.3 is 14.7 Å². The summed E-state index contributed by atoms with van der Waals surface area (Å²) in [5.41, 5.74) is 0.302. The number of ether oxygens (including phenoxy) is 1. The van der Waals surface area contributed by atoms with Gasteiger partial charge in [-0.05, 0) is 43.4 Å². The summed E-state index contributed by atoms with van der Waals surface area (Å²) in [4.78, 5) is 27.2. The Morgan fingerprint density at radius 3 is 2.55 bits per heavy atom. The minimum atomic E-state index is -0.611. The number of carboxylic acid groups (broad SMARTS) is 1. The Morgan fingerprint density at radius 1 is 1.27 bits per heavy atom. The van der Waals surface area contributed by atoms with E-state index in [0.717, 1.165) is 45.4 Å². The highest BCUT2D eigenvalue weighted by Gasteiger charge is 2.62. The van der Waals surface area contributed by atoms with Gasteiger partial charge in [-0.25, -0.2) is 4.79 Å². The fraction of sp³-hybridized carbons (Fsp3) is 0.875. The normalized spacial score (nSPS) is 43.0. The number of rotatable bonds is 3. The van der Waals surface area contributed by atoms with E-state index in [1.54, 1.807) is 0 Å². The first-order valence-corrected chi connectivity index (χ1v) is 8.41. The lowest BCUT2D eigenvalue weighted by molar-refractivity contribution is -0.139. The maximum atomic E-state index is 11.8. The van der Waals surface area contributed by atoms with E-state index in [-0.39, 0.29) is 12.0 Å². The lowest BCUT2D eigenvalue weighted by Gasteiger charge is -2.49. The van der Waals surface area contributed by atoms with Gasteiger partial charge in [-0.3, -0.25) is 9.69 Å². The summed E-state index contributed by atoms with van der Waals surface area (Å²) in [6.45, 7) is 5.85. The number of nitrogens with zero attached hydrogens (tertiary/aromatic N) is 2. The molecule has 4 rings (SSSR count). The van der Waals surface area contributed by atoms with Crippen LogP contribution in [0.4, 0.5) is 4.79 Å². The SMILES string of the molecule is CCOC(=O)N1CCC2(CC(N3CC4C(C3)C4C(=O)O)C2)C1. The fourth-order valence-corrected chi connectivity index (χ4v) is 5.06. The smallest absolute Gasteiger partial charge is 0.409 e. The maximum Gasteiger partial charge on any atom is 0.409 e. The largest absolute Gasteiger partial charge is 0.481 e. The molecule has 4 aliphatic rings. The van der Waals surface area contributed by atoms with Crippen molar-refractivity contribution < 1.29 is 19.4 Å². The van der Waals surface area contributed by atoms with Crippen LogP contribution in [0.25, 0.3) is 0 Å². The first-order valence-electron chi connectivity index (χ1n) is 8.41. The van der Waals surface area contributed by atoms with Crippen LogP contribution in [0.1, 0.15) is 26.2 Å². The summed E-state index contributed by atoms with van der Waals surface area (Å²) in [7, 11) is 0. The van der Waals surface area contributed by atoms with Gasteiger partial charge in [0.05, 0.1) is 12.5 Å². The highest BCUT2D eigenvalue weighted by molar-refractivity contribution is 5.74. The number of amides is 1. The molecule has 6 heteroatoms. The molecule has 2 heterocycles. The van der Waals surface area contributed by atoms with Crippen molar-refractivity contribution in [2.24, 2.45) is 23.2 Å². The molecule has 6 nitrogen and oxygen atoms in total. The molecular formula is C16H24N2O4. The van der Waals surface area contributed by atoms with E-state index in [0.29, 0.717) is 29.9 Å². The second-order valence-corrected chi connectivity index (χ2v) is 7.58. The first-order chi connectivity index (χ1) is 10.5. The Hall–Kier alpha value is -1.30. The van der Waals surface area contributed by atoms with Crippen molar-refractivity contribution in [3.05, 3.63) is 0 Å². The maximum absolute atomic E-state index is 11.8. The van der Waals surface area contributed by atoms with Crippen molar-refractivity contribution in [1.29, 1.82) is 0 Å². The van der Waals surface area contributed by atoms with Gasteiger partial charge in [0.15, 0.2) is 0 Å². The Kier molecular flexibility index (Phi) is 3.15. The van der Waals surface area contributed by atoms with E-state index in [4.69, 9.17) is 9.84 Å². The van der Waals surface area contributed by atoms with Gasteiger partial charge in [0.1, 0.15) is 0 Å². The number of carbonyl (C=O) groups is 2. The van der Waals surface area contributed by atoms with Crippen molar-refractivity contribution >= 4 is 12.1 Å². The second-order valence-electron chi connectivity index (χ2n) is 7.58. The number of aliphatic carboxylic acids is 1. The van der Waals surface area contributed by atoms with Gasteiger partial charge >= 0.3 is 12.1 Å². The average molecular weight is 308 g/mol. The monoisotopic (exact) mass is 308 g/mol. The molecule has 2 atom stereocenters. The Bertz CT molecular complexity index is 490. The van der Waals surface area contributed by atoms with Crippen LogP contribution in [0.2, 0.25) is 0 Å². The molecule has 0 aromatic carbocycles. The molecule has 2 aliphatic carbocycles. The quantitative estimate of drug-likeness (QED) is 0.850. The molecule has 122 valence electrons. The summed E-state index contributed by atoms with van der Waals surface area (Å²) in [5.74, 6) is 0.110. The van der Waals surface area contributed by atoms with E-state index >= 15 is 0 Å². The van der Waals surface area contributed by atoms with Crippen LogP contribution >= 0.6 is 0 Å². The van der Waals surface area contributed by atoms with Crippen LogP contribution in [0.3, 0.4) is 0 Å². The number of likely N-dealkylation sites (tertiary alicyclic amines) is 2. The molecule has 2 saturated heterocycles. The highest BCUT2D eigenvalue weighted by atomic mass is 16.6. The standard InChI is InChI=1S/C16H24N2O4/c1-2-22-15(21)17-4-3-16(9-17)5-10(6-16)18-7-11-12(8-18)13(11)14(19)20/h10-13H,2-9H2,1H3,(H,19,20). The molecule has 1 spiro atoms. The summed E-state index contributed by atoms with van der Waals surface area (Å²) in [6, 6.07) is 0.601. The van der Waals surface area contributed by atoms with E-state index < -0.39 is 5.97 Å². The molecule has 22 heavy (non-hydrogen) atoms. The molecule has 2 unspecified atom stereocenters. The van der Waals surface area contributed by atoms with Gasteiger partial charge in [-0.2, -0.15) is 0 Å². The summed E-state index contributed by atoms with van der Waals surface area (Å²) in [5, 5.41) is 9.08. The van der Waals surface area contributed by atoms with E-state index in [1.807, 2.05) is 11.8 Å². The number of hydrogen-bond acceptors (Lipinski definition) is 4. The Labute approximate surface area is 130 Å². The molecule has 1 N–H and O–H groups in total. The Morgan fingerprint density at radius 2 is 1.95 bits per heavy atom. The van der Waals surface area contributed by atoms with Crippen LogP contribution in [0.5, 0.6) is 0 Å². The van der Waals surface area contributed by atoms with Crippen molar-refractivity contribution in [3.63, 3.8) is 0 Å². The van der Waals surface area contributed by atoms with E-state index in [1.165, 1.54) is 0 Å². The average Bonchev–Trinajstić information content (AvgIpc) is 2.83. The number of piperidine rings is 1. The molecule has 1 amide bonds. The highest BCUT2D eigenvalue weighted by Crippen LogP contribution is 2.56. The number of hydrogen-bond donors (Lipinski definition) is 1. The third kappa shape index (κ3) is 2.11. The van der Waals surface area contributed by atoms with Crippen LogP contribution in [-0.4, -0.2) is 65.8 Å². The molecule has 0 aromatic heterocycles. The van der Waals surface area contributed by atoms with E-state index in [9.17, 15) is 9.59 Å². The van der Waals surface area contributed by atoms with Crippen molar-refractivity contribution in [2.75, 3.05) is 32.8 Å². The minimum Gasteiger partial charge on any atom is -0.481 e. The molecule has 0 radical (unpaired) electrons. The van der Waals surface area contributed by atoms with Gasteiger partial charge in [-0.1, -0.05) is 0 Å². The molecule has 0 bridgehead atoms. The molecule has 2 aliphatic heterocycles. The molecular weight excluding hydrogens is 284 g/mol. The first kappa shape index (κ1) is 14.3. The van der Waals surface area contributed by atoms with Gasteiger partial charge in [0.25, 0.3) is 0 Å².